The first-order chi connectivity index (χ1) is 15.9. The van der Waals surface area contributed by atoms with E-state index >= 15 is 0 Å². The van der Waals surface area contributed by atoms with E-state index in [9.17, 15) is 9.59 Å². The molecular weight excluding hydrogens is 414 g/mol. The lowest BCUT2D eigenvalue weighted by molar-refractivity contribution is -0.137. The molecule has 0 bridgehead atoms. The molecule has 0 radical (unpaired) electrons. The van der Waals surface area contributed by atoms with Crippen LogP contribution in [0.3, 0.4) is 0 Å². The van der Waals surface area contributed by atoms with Crippen molar-refractivity contribution in [3.63, 3.8) is 0 Å². The zero-order chi connectivity index (χ0) is 23.2. The van der Waals surface area contributed by atoms with Gasteiger partial charge < -0.3 is 10.0 Å². The average molecular weight is 446 g/mol. The van der Waals surface area contributed by atoms with Crippen molar-refractivity contribution < 1.29 is 14.7 Å². The SMILES string of the molecule is CN(CCC(=O)O)C(=O)c1ccc2c(c1)CC[C@@H]1[C@@H]2CC[C@]2(C)C(c3cncnc3)=CC[C@@H]12. The number of rotatable bonds is 5. The number of allylic oxidation sites excluding steroid dienone is 2. The molecule has 6 heteroatoms. The van der Waals surface area contributed by atoms with Crippen molar-refractivity contribution in [1.29, 1.82) is 0 Å². The fourth-order valence-electron chi connectivity index (χ4n) is 6.75. The van der Waals surface area contributed by atoms with Gasteiger partial charge in [0.2, 0.25) is 0 Å². The van der Waals surface area contributed by atoms with Gasteiger partial charge in [0.05, 0.1) is 6.42 Å². The number of aliphatic carboxylic acids is 1. The summed E-state index contributed by atoms with van der Waals surface area (Å²) in [5.74, 6) is 0.824. The van der Waals surface area contributed by atoms with Crippen molar-refractivity contribution in [2.24, 2.45) is 17.3 Å². The molecule has 0 unspecified atom stereocenters. The molecule has 0 saturated heterocycles. The molecule has 33 heavy (non-hydrogen) atoms. The van der Waals surface area contributed by atoms with Crippen molar-refractivity contribution >= 4 is 17.4 Å². The standard InChI is InChI=1S/C27H31N3O3/c1-27-11-9-21-20-5-4-18(26(33)30(2)12-10-25(31)32)13-17(20)3-6-22(21)24(27)8-7-23(27)19-14-28-16-29-15-19/h4-5,7,13-16,21-22,24H,3,6,8-12H2,1-2H3,(H,31,32)/t21-,22-,24+,27-/m1/s1. The minimum Gasteiger partial charge on any atom is -0.481 e. The van der Waals surface area contributed by atoms with E-state index in [1.165, 1.54) is 21.6 Å². The normalized spacial score (nSPS) is 27.7. The van der Waals surface area contributed by atoms with Crippen LogP contribution in [0.15, 0.2) is 43.0 Å². The molecule has 6 nitrogen and oxygen atoms in total. The molecule has 1 fully saturated rings. The Balaban J connectivity index is 1.35. The van der Waals surface area contributed by atoms with E-state index in [-0.39, 0.29) is 24.3 Å². The van der Waals surface area contributed by atoms with E-state index in [1.807, 2.05) is 18.5 Å². The Morgan fingerprint density at radius 2 is 2.00 bits per heavy atom. The van der Waals surface area contributed by atoms with Gasteiger partial charge in [0.25, 0.3) is 5.91 Å². The summed E-state index contributed by atoms with van der Waals surface area (Å²) in [7, 11) is 1.67. The number of hydrogen-bond donors (Lipinski definition) is 1. The van der Waals surface area contributed by atoms with Gasteiger partial charge in [0.15, 0.2) is 0 Å². The van der Waals surface area contributed by atoms with Crippen molar-refractivity contribution in [2.45, 2.75) is 51.4 Å². The summed E-state index contributed by atoms with van der Waals surface area (Å²) >= 11 is 0. The summed E-state index contributed by atoms with van der Waals surface area (Å²) in [5.41, 5.74) is 6.12. The van der Waals surface area contributed by atoms with Gasteiger partial charge in [0.1, 0.15) is 6.33 Å². The van der Waals surface area contributed by atoms with Crippen LogP contribution >= 0.6 is 0 Å². The van der Waals surface area contributed by atoms with Crippen molar-refractivity contribution in [1.82, 2.24) is 14.9 Å². The highest BCUT2D eigenvalue weighted by atomic mass is 16.4. The maximum Gasteiger partial charge on any atom is 0.305 e. The third-order valence-corrected chi connectivity index (χ3v) is 8.43. The number of nitrogens with zero attached hydrogens (tertiary/aromatic N) is 3. The Bertz CT molecular complexity index is 1110. The number of benzene rings is 1. The van der Waals surface area contributed by atoms with Gasteiger partial charge in [-0.3, -0.25) is 9.59 Å². The number of aromatic nitrogens is 2. The van der Waals surface area contributed by atoms with E-state index in [1.54, 1.807) is 13.4 Å². The summed E-state index contributed by atoms with van der Waals surface area (Å²) in [4.78, 5) is 33.7. The van der Waals surface area contributed by atoms with Crippen molar-refractivity contribution in [3.8, 4) is 0 Å². The molecule has 1 aromatic heterocycles. The first-order valence-electron chi connectivity index (χ1n) is 11.9. The van der Waals surface area contributed by atoms with Crippen LogP contribution in [0.4, 0.5) is 0 Å². The predicted molar refractivity (Wildman–Crippen MR) is 126 cm³/mol. The number of carbonyl (C=O) groups is 2. The lowest BCUT2D eigenvalue weighted by atomic mass is 9.54. The van der Waals surface area contributed by atoms with Gasteiger partial charge in [-0.15, -0.1) is 0 Å². The van der Waals surface area contributed by atoms with Crippen molar-refractivity contribution in [3.05, 3.63) is 65.2 Å². The smallest absolute Gasteiger partial charge is 0.305 e. The molecule has 4 atom stereocenters. The lowest BCUT2D eigenvalue weighted by Crippen LogP contribution is -2.41. The molecule has 1 aromatic carbocycles. The van der Waals surface area contributed by atoms with Gasteiger partial charge in [-0.25, -0.2) is 9.97 Å². The maximum absolute atomic E-state index is 12.8. The molecule has 1 N–H and O–H groups in total. The molecule has 2 aromatic rings. The Morgan fingerprint density at radius 1 is 1.21 bits per heavy atom. The predicted octanol–water partition coefficient (Wildman–Crippen LogP) is 4.57. The van der Waals surface area contributed by atoms with E-state index in [0.717, 1.165) is 37.7 Å². The highest BCUT2D eigenvalue weighted by Crippen LogP contribution is 2.63. The fourth-order valence-corrected chi connectivity index (χ4v) is 6.75. The zero-order valence-corrected chi connectivity index (χ0v) is 19.3. The summed E-state index contributed by atoms with van der Waals surface area (Å²) < 4.78 is 0. The first-order valence-corrected chi connectivity index (χ1v) is 11.9. The number of carboxylic acid groups (broad SMARTS) is 1. The Kier molecular flexibility index (Phi) is 5.55. The van der Waals surface area contributed by atoms with Crippen LogP contribution in [-0.4, -0.2) is 45.4 Å². The van der Waals surface area contributed by atoms with Crippen LogP contribution in [0.5, 0.6) is 0 Å². The van der Waals surface area contributed by atoms with Gasteiger partial charge >= 0.3 is 5.97 Å². The molecule has 5 rings (SSSR count). The molecule has 0 spiro atoms. The van der Waals surface area contributed by atoms with E-state index in [0.29, 0.717) is 23.3 Å². The number of amides is 1. The van der Waals surface area contributed by atoms with Crippen LogP contribution in [-0.2, 0) is 11.2 Å². The number of carboxylic acids is 1. The zero-order valence-electron chi connectivity index (χ0n) is 19.3. The second-order valence-corrected chi connectivity index (χ2v) is 10.1. The lowest BCUT2D eigenvalue weighted by Gasteiger charge is -2.50. The van der Waals surface area contributed by atoms with E-state index in [4.69, 9.17) is 5.11 Å². The molecular formula is C27H31N3O3. The van der Waals surface area contributed by atoms with Crippen LogP contribution in [0.1, 0.15) is 72.0 Å². The molecule has 1 amide bonds. The number of hydrogen-bond acceptors (Lipinski definition) is 4. The van der Waals surface area contributed by atoms with Gasteiger partial charge in [0, 0.05) is 37.1 Å². The van der Waals surface area contributed by atoms with Crippen LogP contribution < -0.4 is 0 Å². The summed E-state index contributed by atoms with van der Waals surface area (Å²) in [6, 6.07) is 6.16. The summed E-state index contributed by atoms with van der Waals surface area (Å²) in [6.45, 7) is 2.65. The molecule has 1 heterocycles. The summed E-state index contributed by atoms with van der Waals surface area (Å²) in [5, 5.41) is 8.90. The van der Waals surface area contributed by atoms with Gasteiger partial charge in [-0.05, 0) is 84.1 Å². The monoisotopic (exact) mass is 445 g/mol. The molecule has 3 aliphatic rings. The maximum atomic E-state index is 12.8. The topological polar surface area (TPSA) is 83.4 Å². The van der Waals surface area contributed by atoms with Crippen LogP contribution in [0, 0.1) is 17.3 Å². The second kappa shape index (κ2) is 8.40. The Hall–Kier alpha value is -3.02. The molecule has 172 valence electrons. The number of aryl methyl sites for hydroxylation is 1. The minimum absolute atomic E-state index is 0.0395. The third-order valence-electron chi connectivity index (χ3n) is 8.43. The van der Waals surface area contributed by atoms with Gasteiger partial charge in [-0.2, -0.15) is 0 Å². The number of fused-ring (bicyclic) bond motifs is 5. The first kappa shape index (κ1) is 21.8. The largest absolute Gasteiger partial charge is 0.481 e. The quantitative estimate of drug-likeness (QED) is 0.729. The van der Waals surface area contributed by atoms with Gasteiger partial charge in [-0.1, -0.05) is 19.1 Å². The third kappa shape index (κ3) is 3.75. The molecule has 0 aliphatic heterocycles. The van der Waals surface area contributed by atoms with Crippen molar-refractivity contribution in [2.75, 3.05) is 13.6 Å². The van der Waals surface area contributed by atoms with E-state index < -0.39 is 5.97 Å². The van der Waals surface area contributed by atoms with E-state index in [2.05, 4.69) is 35.1 Å². The summed E-state index contributed by atoms with van der Waals surface area (Å²) in [6.07, 6.45) is 13.4. The molecule has 1 saturated carbocycles. The average Bonchev–Trinajstić information content (AvgIpc) is 3.19. The molecule has 3 aliphatic carbocycles. The second-order valence-electron chi connectivity index (χ2n) is 10.1. The number of carbonyl (C=O) groups excluding carboxylic acids is 1. The minimum atomic E-state index is -0.889. The van der Waals surface area contributed by atoms with Crippen LogP contribution in [0.25, 0.3) is 5.57 Å². The Morgan fingerprint density at radius 3 is 2.76 bits per heavy atom. The highest BCUT2D eigenvalue weighted by Gasteiger charge is 2.52. The fraction of sp³-hybridized carbons (Fsp3) is 0.481. The highest BCUT2D eigenvalue weighted by molar-refractivity contribution is 5.94. The van der Waals surface area contributed by atoms with Crippen LogP contribution in [0.2, 0.25) is 0 Å². The Labute approximate surface area is 194 Å².